The van der Waals surface area contributed by atoms with Crippen LogP contribution < -0.4 is 4.84 Å². The maximum Gasteiger partial charge on any atom is 0.410 e. The number of nitrogens with zero attached hydrogens (tertiary/aromatic N) is 2. The zero-order valence-electron chi connectivity index (χ0n) is 13.4. The third-order valence-electron chi connectivity index (χ3n) is 4.18. The van der Waals surface area contributed by atoms with Gasteiger partial charge in [0.2, 0.25) is 0 Å². The SMILES string of the molecule is CC(C)(C)OC(=O)N1C[C@H]2C[C@@H]1[C@@H]2C(=O)On1ccccc1=S. The van der Waals surface area contributed by atoms with Crippen LogP contribution in [0.15, 0.2) is 24.4 Å². The zero-order chi connectivity index (χ0) is 16.8. The lowest BCUT2D eigenvalue weighted by Gasteiger charge is -2.34. The number of ether oxygens (including phenoxy) is 1. The molecule has 6 nitrogen and oxygen atoms in total. The second-order valence-corrected chi connectivity index (χ2v) is 7.41. The van der Waals surface area contributed by atoms with E-state index in [0.717, 1.165) is 6.42 Å². The molecule has 23 heavy (non-hydrogen) atoms. The molecule has 0 radical (unpaired) electrons. The number of aromatic nitrogens is 1. The predicted octanol–water partition coefficient (Wildman–Crippen LogP) is 2.43. The van der Waals surface area contributed by atoms with Gasteiger partial charge in [-0.15, -0.1) is 0 Å². The Bertz CT molecular complexity index is 694. The maximum absolute atomic E-state index is 12.4. The van der Waals surface area contributed by atoms with E-state index in [9.17, 15) is 9.59 Å². The van der Waals surface area contributed by atoms with E-state index in [1.165, 1.54) is 4.73 Å². The molecule has 3 fully saturated rings. The third-order valence-corrected chi connectivity index (χ3v) is 4.49. The van der Waals surface area contributed by atoms with Crippen LogP contribution in [0, 0.1) is 16.5 Å². The summed E-state index contributed by atoms with van der Waals surface area (Å²) in [6, 6.07) is 5.07. The van der Waals surface area contributed by atoms with Gasteiger partial charge in [-0.05, 0) is 45.2 Å². The fraction of sp³-hybridized carbons (Fsp3) is 0.562. The van der Waals surface area contributed by atoms with E-state index in [0.29, 0.717) is 11.2 Å². The van der Waals surface area contributed by atoms with E-state index >= 15 is 0 Å². The van der Waals surface area contributed by atoms with Gasteiger partial charge in [-0.3, -0.25) is 0 Å². The van der Waals surface area contributed by atoms with Gasteiger partial charge in [0.1, 0.15) is 10.2 Å². The standard InChI is InChI=1S/C16H20N2O4S/c1-16(2,3)21-15(20)17-9-10-8-11(17)13(10)14(19)22-18-7-5-4-6-12(18)23/h4-7,10-11,13H,8-9H2,1-3H3/t10-,11-,13-/m1/s1. The summed E-state index contributed by atoms with van der Waals surface area (Å²) in [6.07, 6.45) is 2.06. The van der Waals surface area contributed by atoms with Crippen molar-refractivity contribution in [3.05, 3.63) is 29.0 Å². The lowest BCUT2D eigenvalue weighted by molar-refractivity contribution is -0.155. The second kappa shape index (κ2) is 5.63. The number of pyridine rings is 1. The second-order valence-electron chi connectivity index (χ2n) is 7.00. The van der Waals surface area contributed by atoms with Crippen LogP contribution >= 0.6 is 12.2 Å². The molecule has 1 aromatic rings. The minimum Gasteiger partial charge on any atom is -0.444 e. The van der Waals surface area contributed by atoms with Crippen molar-refractivity contribution in [1.82, 2.24) is 9.63 Å². The van der Waals surface area contributed by atoms with E-state index in [1.54, 1.807) is 29.3 Å². The highest BCUT2D eigenvalue weighted by molar-refractivity contribution is 7.71. The Morgan fingerprint density at radius 3 is 2.70 bits per heavy atom. The molecule has 1 aromatic heterocycles. The summed E-state index contributed by atoms with van der Waals surface area (Å²) in [4.78, 5) is 31.6. The molecule has 2 aliphatic heterocycles. The van der Waals surface area contributed by atoms with Crippen molar-refractivity contribution in [3.8, 4) is 0 Å². The number of hydrogen-bond donors (Lipinski definition) is 0. The van der Waals surface area contributed by atoms with Crippen LogP contribution in [0.3, 0.4) is 0 Å². The molecule has 0 N–H and O–H groups in total. The number of carbonyl (C=O) groups excluding carboxylic acids is 2. The highest BCUT2D eigenvalue weighted by atomic mass is 32.1. The van der Waals surface area contributed by atoms with Crippen molar-refractivity contribution in [3.63, 3.8) is 0 Å². The molecule has 124 valence electrons. The lowest BCUT2D eigenvalue weighted by atomic mass is 9.74. The highest BCUT2D eigenvalue weighted by Crippen LogP contribution is 2.47. The first kappa shape index (κ1) is 16.0. The normalized spacial score (nSPS) is 25.7. The first-order valence-corrected chi connectivity index (χ1v) is 8.06. The quantitative estimate of drug-likeness (QED) is 0.776. The van der Waals surface area contributed by atoms with Gasteiger partial charge >= 0.3 is 12.1 Å². The fourth-order valence-corrected chi connectivity index (χ4v) is 3.32. The summed E-state index contributed by atoms with van der Waals surface area (Å²) in [6.45, 7) is 6.02. The maximum atomic E-state index is 12.4. The molecule has 0 spiro atoms. The van der Waals surface area contributed by atoms with Gasteiger partial charge in [-0.1, -0.05) is 18.3 Å². The number of carbonyl (C=O) groups is 2. The van der Waals surface area contributed by atoms with Crippen LogP contribution in [0.4, 0.5) is 4.79 Å². The minimum atomic E-state index is -0.544. The molecule has 0 aromatic carbocycles. The average Bonchev–Trinajstić information content (AvgIpc) is 2.98. The van der Waals surface area contributed by atoms with Crippen molar-refractivity contribution < 1.29 is 19.2 Å². The molecule has 1 aliphatic carbocycles. The summed E-state index contributed by atoms with van der Waals surface area (Å²) in [5, 5.41) is 0. The van der Waals surface area contributed by atoms with Gasteiger partial charge in [0.25, 0.3) is 0 Å². The highest BCUT2D eigenvalue weighted by Gasteiger charge is 2.58. The van der Waals surface area contributed by atoms with Gasteiger partial charge in [-0.2, -0.15) is 4.73 Å². The Labute approximate surface area is 139 Å². The number of fused-ring (bicyclic) bond motifs is 1. The summed E-state index contributed by atoms with van der Waals surface area (Å²) in [5.41, 5.74) is -0.544. The molecule has 1 amide bonds. The molecule has 3 heterocycles. The molecule has 3 aliphatic rings. The molecule has 0 unspecified atom stereocenters. The number of rotatable bonds is 2. The molecular weight excluding hydrogens is 316 g/mol. The molecule has 7 heteroatoms. The van der Waals surface area contributed by atoms with Crippen LogP contribution in [-0.2, 0) is 9.53 Å². The molecule has 3 atom stereocenters. The predicted molar refractivity (Wildman–Crippen MR) is 85.2 cm³/mol. The Morgan fingerprint density at radius 1 is 1.30 bits per heavy atom. The van der Waals surface area contributed by atoms with Crippen LogP contribution in [0.25, 0.3) is 0 Å². The van der Waals surface area contributed by atoms with Gasteiger partial charge in [-0.25, -0.2) is 9.59 Å². The van der Waals surface area contributed by atoms with Crippen LogP contribution in [0.2, 0.25) is 0 Å². The van der Waals surface area contributed by atoms with Gasteiger partial charge in [0.15, 0.2) is 0 Å². The van der Waals surface area contributed by atoms with Crippen molar-refractivity contribution in [2.45, 2.75) is 38.8 Å². The van der Waals surface area contributed by atoms with Crippen LogP contribution in [-0.4, -0.2) is 39.9 Å². The minimum absolute atomic E-state index is 0.137. The molecule has 2 saturated heterocycles. The van der Waals surface area contributed by atoms with Gasteiger partial charge < -0.3 is 14.5 Å². The van der Waals surface area contributed by atoms with Gasteiger partial charge in [0, 0.05) is 18.8 Å². The average molecular weight is 336 g/mol. The Balaban J connectivity index is 1.66. The number of hydrogen-bond acceptors (Lipinski definition) is 5. The lowest BCUT2D eigenvalue weighted by Crippen LogP contribution is -2.48. The van der Waals surface area contributed by atoms with Crippen molar-refractivity contribution >= 4 is 24.3 Å². The Hall–Kier alpha value is -1.89. The van der Waals surface area contributed by atoms with E-state index in [1.807, 2.05) is 20.8 Å². The first-order chi connectivity index (χ1) is 10.8. The van der Waals surface area contributed by atoms with Gasteiger partial charge in [0.05, 0.1) is 5.92 Å². The summed E-state index contributed by atoms with van der Waals surface area (Å²) >= 11 is 5.11. The molecule has 1 saturated carbocycles. The number of amides is 1. The summed E-state index contributed by atoms with van der Waals surface area (Å²) in [5.74, 6) is -0.512. The topological polar surface area (TPSA) is 60.8 Å². The molecule has 2 bridgehead atoms. The summed E-state index contributed by atoms with van der Waals surface area (Å²) < 4.78 is 7.11. The Kier molecular flexibility index (Phi) is 3.91. The van der Waals surface area contributed by atoms with E-state index in [-0.39, 0.29) is 29.9 Å². The summed E-state index contributed by atoms with van der Waals surface area (Å²) in [7, 11) is 0. The van der Waals surface area contributed by atoms with E-state index in [2.05, 4.69) is 0 Å². The van der Waals surface area contributed by atoms with E-state index < -0.39 is 5.60 Å². The van der Waals surface area contributed by atoms with E-state index in [4.69, 9.17) is 21.8 Å². The first-order valence-electron chi connectivity index (χ1n) is 7.66. The molecule has 4 rings (SSSR count). The largest absolute Gasteiger partial charge is 0.444 e. The van der Waals surface area contributed by atoms with Crippen LogP contribution in [0.1, 0.15) is 27.2 Å². The fourth-order valence-electron chi connectivity index (χ4n) is 3.14. The van der Waals surface area contributed by atoms with Crippen molar-refractivity contribution in [2.75, 3.05) is 6.54 Å². The third kappa shape index (κ3) is 3.10. The van der Waals surface area contributed by atoms with Crippen molar-refractivity contribution in [2.24, 2.45) is 11.8 Å². The molecular formula is C16H20N2O4S. The zero-order valence-corrected chi connectivity index (χ0v) is 14.2. The van der Waals surface area contributed by atoms with Crippen molar-refractivity contribution in [1.29, 1.82) is 0 Å². The smallest absolute Gasteiger partial charge is 0.410 e. The van der Waals surface area contributed by atoms with Crippen LogP contribution in [0.5, 0.6) is 0 Å². The Morgan fingerprint density at radius 2 is 2.04 bits per heavy atom. The monoisotopic (exact) mass is 336 g/mol.